The minimum absolute atomic E-state index is 0.219. The van der Waals surface area contributed by atoms with Crippen LogP contribution < -0.4 is 0 Å². The molecule has 0 amide bonds. The van der Waals surface area contributed by atoms with Gasteiger partial charge >= 0.3 is 0 Å². The summed E-state index contributed by atoms with van der Waals surface area (Å²) < 4.78 is 13.7. The molecule has 0 heterocycles. The van der Waals surface area contributed by atoms with Crippen molar-refractivity contribution in [2.24, 2.45) is 0 Å². The van der Waals surface area contributed by atoms with E-state index < -0.39 is 0 Å². The summed E-state index contributed by atoms with van der Waals surface area (Å²) in [5, 5.41) is 0. The van der Waals surface area contributed by atoms with Crippen LogP contribution in [0.15, 0.2) is 103 Å². The van der Waals surface area contributed by atoms with Gasteiger partial charge in [-0.3, -0.25) is 0 Å². The van der Waals surface area contributed by atoms with Crippen LogP contribution in [0.4, 0.5) is 4.39 Å². The van der Waals surface area contributed by atoms with Crippen molar-refractivity contribution in [3.63, 3.8) is 0 Å². The van der Waals surface area contributed by atoms with Crippen molar-refractivity contribution in [3.05, 3.63) is 109 Å². The van der Waals surface area contributed by atoms with Crippen LogP contribution in [0.5, 0.6) is 0 Å². The first-order valence-electron chi connectivity index (χ1n) is 8.31. The first-order valence-corrected chi connectivity index (χ1v) is 8.31. The van der Waals surface area contributed by atoms with Gasteiger partial charge in [-0.05, 0) is 63.7 Å². The fourth-order valence-electron chi connectivity index (χ4n) is 3.06. The third kappa shape index (κ3) is 3.36. The molecule has 4 aromatic rings. The topological polar surface area (TPSA) is 0 Å². The van der Waals surface area contributed by atoms with Gasteiger partial charge in [0.25, 0.3) is 0 Å². The molecule has 0 fully saturated rings. The molecule has 120 valence electrons. The summed E-state index contributed by atoms with van der Waals surface area (Å²) in [5.41, 5.74) is 6.45. The van der Waals surface area contributed by atoms with Crippen molar-refractivity contribution < 1.29 is 4.39 Å². The van der Waals surface area contributed by atoms with Gasteiger partial charge in [-0.1, -0.05) is 72.8 Å². The lowest BCUT2D eigenvalue weighted by Crippen LogP contribution is -1.86. The third-order valence-corrected chi connectivity index (χ3v) is 4.31. The lowest BCUT2D eigenvalue weighted by atomic mass is 9.93. The van der Waals surface area contributed by atoms with E-state index in [0.717, 1.165) is 33.4 Å². The monoisotopic (exact) mass is 324 g/mol. The highest BCUT2D eigenvalue weighted by molar-refractivity contribution is 5.81. The molecule has 4 aromatic carbocycles. The van der Waals surface area contributed by atoms with Crippen molar-refractivity contribution in [1.82, 2.24) is 0 Å². The molecule has 1 heteroatoms. The summed E-state index contributed by atoms with van der Waals surface area (Å²) >= 11 is 0. The van der Waals surface area contributed by atoms with E-state index >= 15 is 0 Å². The van der Waals surface area contributed by atoms with Crippen molar-refractivity contribution >= 4 is 0 Å². The molecule has 25 heavy (non-hydrogen) atoms. The Morgan fingerprint density at radius 3 is 1.28 bits per heavy atom. The second kappa shape index (κ2) is 6.74. The van der Waals surface area contributed by atoms with Crippen LogP contribution in [-0.2, 0) is 0 Å². The summed E-state index contributed by atoms with van der Waals surface area (Å²) in [6.45, 7) is 0. The lowest BCUT2D eigenvalue weighted by Gasteiger charge is -2.11. The average molecular weight is 324 g/mol. The van der Waals surface area contributed by atoms with Crippen LogP contribution in [0.2, 0.25) is 0 Å². The molecule has 4 rings (SSSR count). The lowest BCUT2D eigenvalue weighted by molar-refractivity contribution is 0.628. The Bertz CT molecular complexity index is 931. The molecule has 0 aromatic heterocycles. The van der Waals surface area contributed by atoms with Crippen LogP contribution in [0.25, 0.3) is 33.4 Å². The van der Waals surface area contributed by atoms with E-state index in [2.05, 4.69) is 42.5 Å². The largest absolute Gasteiger partial charge is 0.207 e. The molecular weight excluding hydrogens is 307 g/mol. The predicted molar refractivity (Wildman–Crippen MR) is 103 cm³/mol. The number of hydrogen-bond acceptors (Lipinski definition) is 0. The molecule has 0 spiro atoms. The first kappa shape index (κ1) is 15.3. The van der Waals surface area contributed by atoms with Gasteiger partial charge in [0.1, 0.15) is 5.82 Å². The van der Waals surface area contributed by atoms with Crippen LogP contribution in [0, 0.1) is 5.82 Å². The van der Waals surface area contributed by atoms with E-state index in [0.29, 0.717) is 0 Å². The normalized spacial score (nSPS) is 10.6. The number of rotatable bonds is 3. The fraction of sp³-hybridized carbons (Fsp3) is 0. The molecule has 0 unspecified atom stereocenters. The highest BCUT2D eigenvalue weighted by Crippen LogP contribution is 2.32. The fourth-order valence-corrected chi connectivity index (χ4v) is 3.06. The van der Waals surface area contributed by atoms with Crippen LogP contribution in [0.1, 0.15) is 0 Å². The molecule has 0 atom stereocenters. The molecule has 0 bridgehead atoms. The van der Waals surface area contributed by atoms with Gasteiger partial charge in [-0.2, -0.15) is 0 Å². The number of hydrogen-bond donors (Lipinski definition) is 0. The second-order valence-corrected chi connectivity index (χ2v) is 6.04. The molecule has 0 radical (unpaired) electrons. The Morgan fingerprint density at radius 1 is 0.360 bits per heavy atom. The highest BCUT2D eigenvalue weighted by atomic mass is 19.1. The van der Waals surface area contributed by atoms with Crippen molar-refractivity contribution in [3.8, 4) is 33.4 Å². The van der Waals surface area contributed by atoms with Gasteiger partial charge < -0.3 is 0 Å². The number of halogens is 1. The van der Waals surface area contributed by atoms with Gasteiger partial charge in [0.2, 0.25) is 0 Å². The quantitative estimate of drug-likeness (QED) is 0.387. The van der Waals surface area contributed by atoms with Crippen molar-refractivity contribution in [1.29, 1.82) is 0 Å². The molecule has 0 aliphatic carbocycles. The summed E-state index contributed by atoms with van der Waals surface area (Å²) in [6.07, 6.45) is 0. The maximum atomic E-state index is 13.7. The maximum Gasteiger partial charge on any atom is 0.123 e. The Balaban J connectivity index is 1.92. The van der Waals surface area contributed by atoms with Gasteiger partial charge in [0.15, 0.2) is 0 Å². The summed E-state index contributed by atoms with van der Waals surface area (Å²) in [5.74, 6) is -0.219. The van der Waals surface area contributed by atoms with Crippen LogP contribution >= 0.6 is 0 Å². The molecule has 0 aliphatic rings. The highest BCUT2D eigenvalue weighted by Gasteiger charge is 2.07. The smallest absolute Gasteiger partial charge is 0.123 e. The van der Waals surface area contributed by atoms with Crippen LogP contribution in [0.3, 0.4) is 0 Å². The van der Waals surface area contributed by atoms with Crippen LogP contribution in [-0.4, -0.2) is 0 Å². The van der Waals surface area contributed by atoms with E-state index in [1.54, 1.807) is 12.1 Å². The summed E-state index contributed by atoms with van der Waals surface area (Å²) in [7, 11) is 0. The summed E-state index contributed by atoms with van der Waals surface area (Å²) in [4.78, 5) is 0. The first-order chi connectivity index (χ1) is 12.3. The zero-order valence-electron chi connectivity index (χ0n) is 13.7. The third-order valence-electron chi connectivity index (χ3n) is 4.31. The number of benzene rings is 4. The van der Waals surface area contributed by atoms with Gasteiger partial charge in [-0.15, -0.1) is 0 Å². The predicted octanol–water partition coefficient (Wildman–Crippen LogP) is 6.83. The Morgan fingerprint density at radius 2 is 0.800 bits per heavy atom. The van der Waals surface area contributed by atoms with E-state index in [1.807, 2.05) is 42.5 Å². The Labute approximate surface area is 147 Å². The minimum Gasteiger partial charge on any atom is -0.207 e. The Kier molecular flexibility index (Phi) is 4.14. The standard InChI is InChI=1S/C24H17F/c25-24-13-7-12-20(17-24)23-15-21(18-8-3-1-4-9-18)14-22(16-23)19-10-5-2-6-11-19/h1-17H. The zero-order chi connectivity index (χ0) is 17.1. The van der Waals surface area contributed by atoms with E-state index in [1.165, 1.54) is 6.07 Å². The molecule has 0 aliphatic heterocycles. The van der Waals surface area contributed by atoms with Gasteiger partial charge in [0, 0.05) is 0 Å². The Hall–Kier alpha value is -3.19. The summed E-state index contributed by atoms with van der Waals surface area (Å²) in [6, 6.07) is 33.7. The zero-order valence-corrected chi connectivity index (χ0v) is 13.7. The molecular formula is C24H17F. The molecule has 0 saturated carbocycles. The molecule has 0 nitrogen and oxygen atoms in total. The minimum atomic E-state index is -0.219. The van der Waals surface area contributed by atoms with Crippen molar-refractivity contribution in [2.45, 2.75) is 0 Å². The maximum absolute atomic E-state index is 13.7. The second-order valence-electron chi connectivity index (χ2n) is 6.04. The molecule has 0 saturated heterocycles. The molecule has 0 N–H and O–H groups in total. The van der Waals surface area contributed by atoms with Crippen molar-refractivity contribution in [2.75, 3.05) is 0 Å². The average Bonchev–Trinajstić information content (AvgIpc) is 2.69. The van der Waals surface area contributed by atoms with E-state index in [-0.39, 0.29) is 5.82 Å². The van der Waals surface area contributed by atoms with Gasteiger partial charge in [-0.25, -0.2) is 4.39 Å². The van der Waals surface area contributed by atoms with E-state index in [4.69, 9.17) is 0 Å². The SMILES string of the molecule is Fc1cccc(-c2cc(-c3ccccc3)cc(-c3ccccc3)c2)c1. The van der Waals surface area contributed by atoms with Gasteiger partial charge in [0.05, 0.1) is 0 Å². The van der Waals surface area contributed by atoms with E-state index in [9.17, 15) is 4.39 Å².